The van der Waals surface area contributed by atoms with E-state index in [1.807, 2.05) is 0 Å². The Kier molecular flexibility index (Phi) is 4.44. The zero-order chi connectivity index (χ0) is 13.5. The van der Waals surface area contributed by atoms with Gasteiger partial charge in [-0.15, -0.1) is 23.2 Å². The molecule has 1 aliphatic carbocycles. The van der Waals surface area contributed by atoms with Crippen molar-refractivity contribution in [2.75, 3.05) is 0 Å². The van der Waals surface area contributed by atoms with Crippen LogP contribution in [0, 0.1) is 5.92 Å². The topological polar surface area (TPSA) is 37.4 Å². The fourth-order valence-electron chi connectivity index (χ4n) is 1.98. The van der Waals surface area contributed by atoms with Crippen molar-refractivity contribution >= 4 is 70.2 Å². The molecule has 1 fully saturated rings. The third-order valence-corrected chi connectivity index (χ3v) is 6.05. The number of rotatable bonds is 3. The zero-order valence-corrected chi connectivity index (χ0v) is 12.9. The second-order valence-electron chi connectivity index (χ2n) is 4.03. The number of imide groups is 1. The summed E-state index contributed by atoms with van der Waals surface area (Å²) in [4.78, 5) is 23.0. The number of hydrogen-bond acceptors (Lipinski definition) is 3. The Morgan fingerprint density at radius 2 is 2.06 bits per heavy atom. The molecule has 0 aromatic heterocycles. The molecule has 100 valence electrons. The fourth-order valence-corrected chi connectivity index (χ4v) is 3.36. The first-order valence-corrected chi connectivity index (χ1v) is 7.68. The fraction of sp³-hybridized carbons (Fsp3) is 0.600. The van der Waals surface area contributed by atoms with E-state index in [1.165, 1.54) is 0 Å². The number of amides is 2. The van der Waals surface area contributed by atoms with Crippen molar-refractivity contribution in [1.82, 2.24) is 4.31 Å². The van der Waals surface area contributed by atoms with Crippen LogP contribution in [-0.2, 0) is 9.59 Å². The van der Waals surface area contributed by atoms with Crippen LogP contribution in [-0.4, -0.2) is 24.6 Å². The molecule has 0 saturated carbocycles. The third-order valence-electron chi connectivity index (χ3n) is 2.83. The van der Waals surface area contributed by atoms with Crippen molar-refractivity contribution < 1.29 is 9.59 Å². The maximum atomic E-state index is 12.1. The standard InChI is InChI=1S/C10H9Cl4NO2S/c11-9(12)10(13,14)18-15-7(16)5-3-1-2-4-6(5)8(15)17/h3,6,9H,1-2,4H2. The number of fused-ring (bicyclic) bond motifs is 1. The summed E-state index contributed by atoms with van der Waals surface area (Å²) >= 11 is 23.6. The number of carbonyl (C=O) groups excluding carboxylic acids is 2. The Morgan fingerprint density at radius 3 is 2.61 bits per heavy atom. The van der Waals surface area contributed by atoms with Gasteiger partial charge in [-0.3, -0.25) is 9.59 Å². The van der Waals surface area contributed by atoms with Crippen molar-refractivity contribution in [2.24, 2.45) is 5.92 Å². The quantitative estimate of drug-likeness (QED) is 0.443. The molecule has 3 nitrogen and oxygen atoms in total. The number of halogens is 4. The average molecular weight is 349 g/mol. The molecule has 1 saturated heterocycles. The predicted octanol–water partition coefficient (Wildman–Crippen LogP) is 3.67. The van der Waals surface area contributed by atoms with E-state index in [1.54, 1.807) is 6.08 Å². The number of nitrogens with zero attached hydrogens (tertiary/aromatic N) is 1. The lowest BCUT2D eigenvalue weighted by Crippen LogP contribution is -2.31. The molecule has 1 heterocycles. The first-order valence-electron chi connectivity index (χ1n) is 5.28. The summed E-state index contributed by atoms with van der Waals surface area (Å²) in [6, 6.07) is 0. The van der Waals surface area contributed by atoms with E-state index in [2.05, 4.69) is 0 Å². The SMILES string of the molecule is O=C1C2=CCCCC2C(=O)N1SC(Cl)(Cl)C(Cl)Cl. The molecular weight excluding hydrogens is 340 g/mol. The maximum absolute atomic E-state index is 12.1. The predicted molar refractivity (Wildman–Crippen MR) is 74.8 cm³/mol. The highest BCUT2D eigenvalue weighted by molar-refractivity contribution is 8.02. The number of carbonyl (C=O) groups is 2. The Bertz CT molecular complexity index is 424. The molecule has 0 radical (unpaired) electrons. The molecule has 1 atom stereocenters. The number of alkyl halides is 4. The minimum atomic E-state index is -1.64. The number of hydrogen-bond donors (Lipinski definition) is 0. The van der Waals surface area contributed by atoms with Crippen LogP contribution in [0.15, 0.2) is 11.6 Å². The lowest BCUT2D eigenvalue weighted by molar-refractivity contribution is -0.132. The van der Waals surface area contributed by atoms with Crippen molar-refractivity contribution in [3.8, 4) is 0 Å². The second kappa shape index (κ2) is 5.41. The minimum Gasteiger partial charge on any atom is -0.273 e. The smallest absolute Gasteiger partial charge is 0.267 e. The van der Waals surface area contributed by atoms with Gasteiger partial charge in [0.25, 0.3) is 5.91 Å². The van der Waals surface area contributed by atoms with Gasteiger partial charge in [-0.05, 0) is 19.3 Å². The molecule has 2 amide bonds. The van der Waals surface area contributed by atoms with Gasteiger partial charge in [0.2, 0.25) is 9.57 Å². The Hall–Kier alpha value is 0.390. The van der Waals surface area contributed by atoms with Gasteiger partial charge in [-0.25, -0.2) is 4.31 Å². The molecule has 0 N–H and O–H groups in total. The molecule has 2 aliphatic rings. The van der Waals surface area contributed by atoms with Crippen LogP contribution >= 0.6 is 58.4 Å². The van der Waals surface area contributed by atoms with Crippen LogP contribution in [0.1, 0.15) is 19.3 Å². The van der Waals surface area contributed by atoms with E-state index in [-0.39, 0.29) is 17.7 Å². The van der Waals surface area contributed by atoms with Crippen molar-refractivity contribution in [1.29, 1.82) is 0 Å². The largest absolute Gasteiger partial charge is 0.273 e. The highest BCUT2D eigenvalue weighted by Gasteiger charge is 2.48. The van der Waals surface area contributed by atoms with Crippen LogP contribution in [0.25, 0.3) is 0 Å². The molecule has 0 spiro atoms. The molecule has 1 aliphatic heterocycles. The minimum absolute atomic E-state index is 0.296. The van der Waals surface area contributed by atoms with E-state index in [4.69, 9.17) is 46.4 Å². The Morgan fingerprint density at radius 1 is 1.39 bits per heavy atom. The normalized spacial score (nSPS) is 24.6. The van der Waals surface area contributed by atoms with Gasteiger partial charge in [-0.1, -0.05) is 29.3 Å². The van der Waals surface area contributed by atoms with Gasteiger partial charge < -0.3 is 0 Å². The first kappa shape index (κ1) is 14.8. The van der Waals surface area contributed by atoms with E-state index < -0.39 is 8.50 Å². The van der Waals surface area contributed by atoms with E-state index >= 15 is 0 Å². The van der Waals surface area contributed by atoms with Gasteiger partial charge in [-0.2, -0.15) is 0 Å². The van der Waals surface area contributed by atoms with Crippen LogP contribution < -0.4 is 0 Å². The summed E-state index contributed by atoms with van der Waals surface area (Å²) in [6.45, 7) is 0. The second-order valence-corrected chi connectivity index (χ2v) is 8.16. The van der Waals surface area contributed by atoms with Crippen molar-refractivity contribution in [3.05, 3.63) is 11.6 Å². The summed E-state index contributed by atoms with van der Waals surface area (Å²) < 4.78 is -0.665. The first-order chi connectivity index (χ1) is 8.34. The number of allylic oxidation sites excluding steroid dienone is 1. The van der Waals surface area contributed by atoms with Gasteiger partial charge in [0, 0.05) is 17.5 Å². The summed E-state index contributed by atoms with van der Waals surface area (Å²) in [7, 11) is 0. The summed E-state index contributed by atoms with van der Waals surface area (Å²) in [6.07, 6.45) is 4.18. The molecule has 0 aromatic carbocycles. The van der Waals surface area contributed by atoms with Crippen molar-refractivity contribution in [2.45, 2.75) is 27.8 Å². The molecule has 2 rings (SSSR count). The summed E-state index contributed by atoms with van der Waals surface area (Å²) in [5.41, 5.74) is 0.531. The molecule has 0 bridgehead atoms. The van der Waals surface area contributed by atoms with E-state index in [0.29, 0.717) is 23.9 Å². The van der Waals surface area contributed by atoms with Crippen LogP contribution in [0.3, 0.4) is 0 Å². The average Bonchev–Trinajstić information content (AvgIpc) is 2.55. The van der Waals surface area contributed by atoms with Gasteiger partial charge in [0.05, 0.1) is 5.92 Å². The Labute approximate surface area is 129 Å². The van der Waals surface area contributed by atoms with Gasteiger partial charge in [0.15, 0.2) is 4.84 Å². The van der Waals surface area contributed by atoms with Crippen LogP contribution in [0.4, 0.5) is 0 Å². The van der Waals surface area contributed by atoms with Gasteiger partial charge >= 0.3 is 0 Å². The maximum Gasteiger partial charge on any atom is 0.267 e. The van der Waals surface area contributed by atoms with Crippen molar-refractivity contribution in [3.63, 3.8) is 0 Å². The highest BCUT2D eigenvalue weighted by atomic mass is 35.5. The molecular formula is C10H9Cl4NO2S. The zero-order valence-electron chi connectivity index (χ0n) is 9.04. The third kappa shape index (κ3) is 2.63. The summed E-state index contributed by atoms with van der Waals surface area (Å²) in [5.74, 6) is -1.03. The van der Waals surface area contributed by atoms with Crippen LogP contribution in [0.2, 0.25) is 0 Å². The molecule has 18 heavy (non-hydrogen) atoms. The monoisotopic (exact) mass is 347 g/mol. The lowest BCUT2D eigenvalue weighted by Gasteiger charge is -2.24. The summed E-state index contributed by atoms with van der Waals surface area (Å²) in [5, 5.41) is 0. The van der Waals surface area contributed by atoms with Gasteiger partial charge in [0.1, 0.15) is 0 Å². The molecule has 8 heteroatoms. The lowest BCUT2D eigenvalue weighted by atomic mass is 9.90. The molecule has 1 unspecified atom stereocenters. The van der Waals surface area contributed by atoms with E-state index in [9.17, 15) is 9.59 Å². The molecule has 0 aromatic rings. The highest BCUT2D eigenvalue weighted by Crippen LogP contribution is 2.48. The Balaban J connectivity index is 2.21. The van der Waals surface area contributed by atoms with Crippen LogP contribution in [0.5, 0.6) is 0 Å². The van der Waals surface area contributed by atoms with E-state index in [0.717, 1.165) is 17.1 Å².